The van der Waals surface area contributed by atoms with Gasteiger partial charge >= 0.3 is 48.3 Å². The van der Waals surface area contributed by atoms with Crippen molar-refractivity contribution in [2.45, 2.75) is 260 Å². The number of esters is 4. The van der Waals surface area contributed by atoms with Gasteiger partial charge in [-0.05, 0) is 155 Å². The van der Waals surface area contributed by atoms with Crippen molar-refractivity contribution < 1.29 is 76.3 Å². The Labute approximate surface area is 653 Å². The second-order valence-electron chi connectivity index (χ2n) is 32.2. The maximum atomic E-state index is 14.1. The fourth-order valence-corrected chi connectivity index (χ4v) is 12.5. The lowest BCUT2D eigenvalue weighted by Gasteiger charge is -2.23. The molecule has 4 amide bonds. The fraction of sp³-hybridized carbons (Fsp3) is 0.524. The van der Waals surface area contributed by atoms with Crippen LogP contribution in [0.3, 0.4) is 0 Å². The average Bonchev–Trinajstić information content (AvgIpc) is 1.60. The molecule has 4 aromatic carbocycles. The predicted octanol–water partition coefficient (Wildman–Crippen LogP) is 15.5. The molecule has 0 saturated heterocycles. The van der Waals surface area contributed by atoms with Crippen molar-refractivity contribution in [1.29, 1.82) is 0 Å². The molecule has 0 saturated carbocycles. The number of carbonyl (C=O) groups is 8. The Morgan fingerprint density at radius 2 is 0.554 bits per heavy atom. The van der Waals surface area contributed by atoms with Crippen LogP contribution >= 0.6 is 0 Å². The van der Waals surface area contributed by atoms with Gasteiger partial charge in [0.05, 0.1) is 26.4 Å². The Balaban J connectivity index is 1.31. The molecule has 6 N–H and O–H groups in total. The van der Waals surface area contributed by atoms with Gasteiger partial charge in [-0.15, -0.1) is 0 Å². The quantitative estimate of drug-likeness (QED) is 0.0130. The summed E-state index contributed by atoms with van der Waals surface area (Å²) in [6.45, 7) is 29.4. The van der Waals surface area contributed by atoms with E-state index >= 15 is 0 Å². The summed E-state index contributed by atoms with van der Waals surface area (Å²) in [5.41, 5.74) is 1.79. The van der Waals surface area contributed by atoms with Gasteiger partial charge in [-0.25, -0.2) is 68.3 Å². The zero-order valence-electron chi connectivity index (χ0n) is 67.6. The summed E-state index contributed by atoms with van der Waals surface area (Å²) in [7, 11) is 0. The summed E-state index contributed by atoms with van der Waals surface area (Å²) < 4.78 is 45.7. The van der Waals surface area contributed by atoms with Gasteiger partial charge in [0, 0.05) is 69.5 Å². The number of aromatic amines is 2. The topological polar surface area (TPSA) is 367 Å². The summed E-state index contributed by atoms with van der Waals surface area (Å²) in [4.78, 5) is 149. The van der Waals surface area contributed by atoms with Crippen LogP contribution in [0, 0.1) is 0 Å². The standard InChI is InChI=1S/C84H110N12O16/c1-17-21-25-37-105-73(97)61(85-77(101)109-81(5,6)7)45-49-29-33-53-57(41-49)69-89-65(53)94-70-59-43-51(47-63(75(99)107-39-27-23-19-3)87-79(103)111-83(11,12)13)31-35-55(59)67(91-70)96-72-60-44-52(48-64(76(100)108-40-28-24-20-4)88-80(104)112-84(14,15)16)32-36-56(60)68(92-72)95-71-58-42-50(30-34-54(58)66(90-71)93-69)46-62(74(98)106-38-26-22-18-2)86-78(102)110-82(8,9)10/h29-36,41-44,61-64H,17-28,37-40,45-48H2,1-16H3,(H,85,101)(H,86,102)(H,87,103)(H,88,104)(H2,89,90,91,92,93,94,95,96). The Bertz CT molecular complexity index is 4440. The van der Waals surface area contributed by atoms with Gasteiger partial charge < -0.3 is 69.1 Å². The maximum Gasteiger partial charge on any atom is 0.408 e. The van der Waals surface area contributed by atoms with Crippen LogP contribution in [0.1, 0.15) is 210 Å². The number of carbonyl (C=O) groups excluding carboxylic acids is 8. The summed E-state index contributed by atoms with van der Waals surface area (Å²) in [6.07, 6.45) is 5.97. The molecule has 28 nitrogen and oxygen atoms in total. The van der Waals surface area contributed by atoms with Crippen molar-refractivity contribution in [3.8, 4) is 45.6 Å². The molecule has 4 unspecified atom stereocenters. The number of H-pyrrole nitrogens is 2. The molecule has 9 rings (SSSR count). The first-order chi connectivity index (χ1) is 53.1. The third kappa shape index (κ3) is 24.6. The van der Waals surface area contributed by atoms with Gasteiger partial charge in [0.25, 0.3) is 0 Å². The number of hydrogen-bond donors (Lipinski definition) is 6. The van der Waals surface area contributed by atoms with E-state index in [-0.39, 0.29) is 98.0 Å². The number of ether oxygens (including phenoxy) is 8. The van der Waals surface area contributed by atoms with Crippen molar-refractivity contribution in [3.05, 3.63) is 95.1 Å². The number of nitrogens with zero attached hydrogens (tertiary/aromatic N) is 6. The lowest BCUT2D eigenvalue weighted by atomic mass is 9.99. The van der Waals surface area contributed by atoms with E-state index < -0.39 is 94.8 Å². The predicted molar refractivity (Wildman–Crippen MR) is 425 cm³/mol. The summed E-state index contributed by atoms with van der Waals surface area (Å²) in [5, 5.41) is 13.1. The molecule has 0 radical (unpaired) electrons. The number of aromatic nitrogens is 8. The minimum absolute atomic E-state index is 0.0420. The highest BCUT2D eigenvalue weighted by molar-refractivity contribution is 6.07. The van der Waals surface area contributed by atoms with E-state index in [9.17, 15) is 38.4 Å². The number of fused-ring (bicyclic) bond motifs is 20. The van der Waals surface area contributed by atoms with Crippen LogP contribution in [0.25, 0.3) is 89.7 Å². The lowest BCUT2D eigenvalue weighted by Crippen LogP contribution is -2.45. The molecule has 0 fully saturated rings. The molecule has 0 aliphatic carbocycles. The Kier molecular flexibility index (Phi) is 28.9. The van der Waals surface area contributed by atoms with Gasteiger partial charge in [-0.2, -0.15) is 0 Å². The van der Waals surface area contributed by atoms with E-state index in [0.29, 0.717) is 91.7 Å². The molecule has 28 heteroatoms. The third-order valence-electron chi connectivity index (χ3n) is 17.7. The Morgan fingerprint density at radius 1 is 0.312 bits per heavy atom. The van der Waals surface area contributed by atoms with Gasteiger partial charge in [-0.1, -0.05) is 128 Å². The van der Waals surface area contributed by atoms with E-state index in [0.717, 1.165) is 51.4 Å². The molecular weight excluding hydrogens is 1430 g/mol. The number of hydrogen-bond acceptors (Lipinski definition) is 22. The maximum absolute atomic E-state index is 14.1. The number of benzene rings is 4. The largest absolute Gasteiger partial charge is 0.464 e. The zero-order chi connectivity index (χ0) is 81.2. The molecule has 7 aromatic rings. The second-order valence-corrected chi connectivity index (χ2v) is 32.2. The first kappa shape index (κ1) is 85.2. The van der Waals surface area contributed by atoms with Crippen LogP contribution in [0.2, 0.25) is 0 Å². The number of nitrogens with one attached hydrogen (secondary N) is 6. The van der Waals surface area contributed by atoms with Crippen LogP contribution in [-0.2, 0) is 82.8 Å². The molecule has 4 atom stereocenters. The highest BCUT2D eigenvalue weighted by Crippen LogP contribution is 2.39. The highest BCUT2D eigenvalue weighted by atomic mass is 16.6. The van der Waals surface area contributed by atoms with E-state index in [4.69, 9.17) is 67.8 Å². The Morgan fingerprint density at radius 3 is 0.812 bits per heavy atom. The first-order valence-corrected chi connectivity index (χ1v) is 39.1. The van der Waals surface area contributed by atoms with Crippen LogP contribution in [-0.4, -0.2) is 161 Å². The highest BCUT2D eigenvalue weighted by Gasteiger charge is 2.33. The van der Waals surface area contributed by atoms with Crippen molar-refractivity contribution >= 4 is 92.4 Å². The van der Waals surface area contributed by atoms with Crippen molar-refractivity contribution in [3.63, 3.8) is 0 Å². The normalized spacial score (nSPS) is 13.1. The first-order valence-electron chi connectivity index (χ1n) is 39.1. The van der Waals surface area contributed by atoms with E-state index in [1.54, 1.807) is 119 Å². The summed E-state index contributed by atoms with van der Waals surface area (Å²) in [5.74, 6) is -1.93. The number of rotatable bonds is 32. The van der Waals surface area contributed by atoms with Crippen LogP contribution in [0.4, 0.5) is 19.2 Å². The monoisotopic (exact) mass is 1540 g/mol. The molecular formula is C84H110N12O16. The van der Waals surface area contributed by atoms with Gasteiger partial charge in [0.2, 0.25) is 0 Å². The lowest BCUT2D eigenvalue weighted by molar-refractivity contribution is -0.147. The molecule has 112 heavy (non-hydrogen) atoms. The van der Waals surface area contributed by atoms with E-state index in [1.165, 1.54) is 0 Å². The van der Waals surface area contributed by atoms with Gasteiger partial charge in [0.1, 0.15) is 69.2 Å². The van der Waals surface area contributed by atoms with Crippen LogP contribution < -0.4 is 21.3 Å². The van der Waals surface area contributed by atoms with Crippen LogP contribution in [0.5, 0.6) is 0 Å². The van der Waals surface area contributed by atoms with Crippen molar-refractivity contribution in [2.75, 3.05) is 26.4 Å². The minimum Gasteiger partial charge on any atom is -0.464 e. The van der Waals surface area contributed by atoms with Crippen molar-refractivity contribution in [1.82, 2.24) is 61.1 Å². The molecule has 602 valence electrons. The smallest absolute Gasteiger partial charge is 0.408 e. The summed E-state index contributed by atoms with van der Waals surface area (Å²) >= 11 is 0. The van der Waals surface area contributed by atoms with Gasteiger partial charge in [0.15, 0.2) is 23.3 Å². The fourth-order valence-electron chi connectivity index (χ4n) is 12.5. The Hall–Kier alpha value is -10.8. The molecule has 0 spiro atoms. The molecule has 2 aliphatic rings. The number of amides is 4. The van der Waals surface area contributed by atoms with Crippen LogP contribution in [0.15, 0.2) is 72.8 Å². The minimum atomic E-state index is -1.19. The summed E-state index contributed by atoms with van der Waals surface area (Å²) in [6, 6.07) is 17.0. The average molecular weight is 1540 g/mol. The van der Waals surface area contributed by atoms with E-state index in [2.05, 4.69) is 31.2 Å². The molecule has 8 bridgehead atoms. The second kappa shape index (κ2) is 37.9. The molecule has 3 aromatic heterocycles. The van der Waals surface area contributed by atoms with E-state index in [1.807, 2.05) is 64.1 Å². The SMILES string of the molecule is CCCCCOC(=O)C(Cc1ccc2c(c1)-c1nc-2nc2[nH]c(nc3nc(nc4[nH]c(n1)c1ccc(CC(NC(=O)OC(C)(C)C)C(=O)OCCCCC)cc41)-c1ccc(CC(NC(=O)OC(C)(C)C)C(=O)OCCCCC)cc1-3)c1ccc(CC(NC(=O)OC(C)(C)C)C(=O)OCCCCC)cc21)NC(=O)OC(C)(C)C. The van der Waals surface area contributed by atoms with Gasteiger partial charge in [-0.3, -0.25) is 0 Å². The van der Waals surface area contributed by atoms with Crippen molar-refractivity contribution in [2.24, 2.45) is 0 Å². The molecule has 5 heterocycles. The molecule has 2 aliphatic heterocycles. The number of alkyl carbamates (subject to hydrolysis) is 4. The third-order valence-corrected chi connectivity index (χ3v) is 17.7. The zero-order valence-corrected chi connectivity index (χ0v) is 67.6. The number of unbranched alkanes of at least 4 members (excludes halogenated alkanes) is 8.